The van der Waals surface area contributed by atoms with Crippen molar-refractivity contribution in [3.63, 3.8) is 0 Å². The summed E-state index contributed by atoms with van der Waals surface area (Å²) >= 11 is 1.28. The van der Waals surface area contributed by atoms with Crippen LogP contribution in [-0.2, 0) is 11.8 Å². The fourth-order valence-electron chi connectivity index (χ4n) is 2.68. The molecular weight excluding hydrogens is 407 g/mol. The lowest BCUT2D eigenvalue weighted by atomic mass is 10.3. The van der Waals surface area contributed by atoms with Crippen molar-refractivity contribution in [1.29, 1.82) is 0 Å². The molecule has 0 saturated carbocycles. The molecule has 1 N–H and O–H groups in total. The molecule has 1 heterocycles. The van der Waals surface area contributed by atoms with E-state index in [1.54, 1.807) is 18.6 Å². The average molecular weight is 431 g/mol. The van der Waals surface area contributed by atoms with Crippen LogP contribution in [0, 0.1) is 5.82 Å². The summed E-state index contributed by atoms with van der Waals surface area (Å²) in [5.41, 5.74) is 0.536. The van der Waals surface area contributed by atoms with Gasteiger partial charge in [0.15, 0.2) is 17.1 Å². The lowest BCUT2D eigenvalue weighted by Crippen LogP contribution is -2.23. The highest BCUT2D eigenvalue weighted by Crippen LogP contribution is 2.27. The molecule has 0 aliphatic rings. The summed E-state index contributed by atoms with van der Waals surface area (Å²) in [7, 11) is 3.44. The summed E-state index contributed by atoms with van der Waals surface area (Å²) in [6.45, 7) is 3.66. The van der Waals surface area contributed by atoms with Gasteiger partial charge >= 0.3 is 0 Å². The van der Waals surface area contributed by atoms with Crippen LogP contribution in [0.15, 0.2) is 53.7 Å². The molecule has 2 aromatic carbocycles. The van der Waals surface area contributed by atoms with Gasteiger partial charge in [0, 0.05) is 12.7 Å². The molecule has 0 aliphatic carbocycles. The number of benzene rings is 2. The molecule has 0 saturated heterocycles. The number of carbonyl (C=O) groups excluding carboxylic acids is 1. The van der Waals surface area contributed by atoms with Gasteiger partial charge in [0.25, 0.3) is 0 Å². The highest BCUT2D eigenvalue weighted by Gasteiger charge is 2.22. The Morgan fingerprint density at radius 2 is 1.70 bits per heavy atom. The fraction of sp³-hybridized carbons (Fsp3) is 0.286. The van der Waals surface area contributed by atoms with E-state index in [2.05, 4.69) is 15.5 Å². The van der Waals surface area contributed by atoms with Crippen molar-refractivity contribution in [1.82, 2.24) is 14.8 Å². The van der Waals surface area contributed by atoms with Gasteiger partial charge in [-0.3, -0.25) is 4.79 Å². The second kappa shape index (κ2) is 9.62. The van der Waals surface area contributed by atoms with E-state index in [4.69, 9.17) is 9.47 Å². The van der Waals surface area contributed by atoms with E-state index in [1.165, 1.54) is 36.0 Å². The molecule has 30 heavy (non-hydrogen) atoms. The van der Waals surface area contributed by atoms with Gasteiger partial charge in [-0.2, -0.15) is 0 Å². The number of hydrogen-bond acceptors (Lipinski definition) is 6. The maximum Gasteiger partial charge on any atom is 0.237 e. The Morgan fingerprint density at radius 1 is 1.07 bits per heavy atom. The smallest absolute Gasteiger partial charge is 0.237 e. The highest BCUT2D eigenvalue weighted by atomic mass is 32.2. The lowest BCUT2D eigenvalue weighted by Gasteiger charge is -2.15. The average Bonchev–Trinajstić information content (AvgIpc) is 3.10. The molecule has 1 aromatic heterocycles. The molecule has 9 heteroatoms. The summed E-state index contributed by atoms with van der Waals surface area (Å²) in [5, 5.41) is 11.3. The molecule has 3 aromatic rings. The number of ether oxygens (including phenoxy) is 2. The second-order valence-corrected chi connectivity index (χ2v) is 7.90. The normalized spacial score (nSPS) is 12.8. The zero-order valence-corrected chi connectivity index (χ0v) is 17.9. The van der Waals surface area contributed by atoms with Crippen LogP contribution in [-0.4, -0.2) is 33.0 Å². The number of halogens is 1. The maximum atomic E-state index is 13.0. The predicted octanol–water partition coefficient (Wildman–Crippen LogP) is 4.22. The molecule has 1 amide bonds. The number of methoxy groups -OCH3 is 1. The third kappa shape index (κ3) is 5.29. The molecule has 158 valence electrons. The number of anilines is 1. The van der Waals surface area contributed by atoms with E-state index < -0.39 is 5.25 Å². The molecule has 3 rings (SSSR count). The van der Waals surface area contributed by atoms with Crippen LogP contribution in [0.25, 0.3) is 0 Å². The van der Waals surface area contributed by atoms with Crippen LogP contribution in [0.3, 0.4) is 0 Å². The minimum Gasteiger partial charge on any atom is -0.497 e. The SMILES string of the molecule is COc1ccc(OC(C)c2nnc(SC(C)C(=O)Nc3ccc(F)cc3)n2C)cc1. The first-order valence-corrected chi connectivity index (χ1v) is 10.2. The van der Waals surface area contributed by atoms with Gasteiger partial charge < -0.3 is 19.4 Å². The van der Waals surface area contributed by atoms with Gasteiger partial charge in [-0.1, -0.05) is 11.8 Å². The number of hydrogen-bond donors (Lipinski definition) is 1. The van der Waals surface area contributed by atoms with Crippen molar-refractivity contribution in [3.8, 4) is 11.5 Å². The van der Waals surface area contributed by atoms with Crippen LogP contribution in [0.1, 0.15) is 25.8 Å². The Morgan fingerprint density at radius 3 is 2.33 bits per heavy atom. The van der Waals surface area contributed by atoms with Crippen molar-refractivity contribution < 1.29 is 18.7 Å². The minimum absolute atomic E-state index is 0.210. The Bertz CT molecular complexity index is 992. The van der Waals surface area contributed by atoms with E-state index in [0.29, 0.717) is 22.4 Å². The first-order chi connectivity index (χ1) is 14.4. The highest BCUT2D eigenvalue weighted by molar-refractivity contribution is 8.00. The number of rotatable bonds is 8. The molecular formula is C21H23FN4O3S. The number of amides is 1. The summed E-state index contributed by atoms with van der Waals surface area (Å²) < 4.78 is 25.9. The zero-order valence-electron chi connectivity index (χ0n) is 17.1. The number of nitrogens with zero attached hydrogens (tertiary/aromatic N) is 3. The molecule has 7 nitrogen and oxygen atoms in total. The third-order valence-electron chi connectivity index (χ3n) is 4.37. The van der Waals surface area contributed by atoms with Crippen LogP contribution >= 0.6 is 11.8 Å². The Labute approximate surface area is 178 Å². The standard InChI is InChI=1S/C21H23FN4O3S/c1-13(29-18-11-9-17(28-4)10-12-18)19-24-25-21(26(19)3)30-14(2)20(27)23-16-7-5-15(22)6-8-16/h5-14H,1-4H3,(H,23,27). The number of nitrogens with one attached hydrogen (secondary N) is 1. The largest absolute Gasteiger partial charge is 0.497 e. The van der Waals surface area contributed by atoms with Crippen LogP contribution in [0.2, 0.25) is 0 Å². The van der Waals surface area contributed by atoms with Crippen molar-refractivity contribution in [2.75, 3.05) is 12.4 Å². The van der Waals surface area contributed by atoms with Gasteiger partial charge in [-0.25, -0.2) is 4.39 Å². The van der Waals surface area contributed by atoms with E-state index in [-0.39, 0.29) is 17.8 Å². The van der Waals surface area contributed by atoms with Crippen molar-refractivity contribution in [2.45, 2.75) is 30.4 Å². The van der Waals surface area contributed by atoms with Gasteiger partial charge in [0.1, 0.15) is 17.3 Å². The summed E-state index contributed by atoms with van der Waals surface area (Å²) in [6.07, 6.45) is -0.339. The molecule has 0 radical (unpaired) electrons. The Hall–Kier alpha value is -3.07. The van der Waals surface area contributed by atoms with Gasteiger partial charge in [-0.15, -0.1) is 10.2 Å². The Kier molecular flexibility index (Phi) is 6.94. The molecule has 2 atom stereocenters. The third-order valence-corrected chi connectivity index (χ3v) is 5.50. The van der Waals surface area contributed by atoms with Crippen LogP contribution in [0.4, 0.5) is 10.1 Å². The molecule has 0 spiro atoms. The summed E-state index contributed by atoms with van der Waals surface area (Å²) in [6, 6.07) is 12.9. The topological polar surface area (TPSA) is 78.3 Å². The fourth-order valence-corrected chi connectivity index (χ4v) is 3.50. The van der Waals surface area contributed by atoms with Gasteiger partial charge in [0.2, 0.25) is 5.91 Å². The monoisotopic (exact) mass is 430 g/mol. The predicted molar refractivity (Wildman–Crippen MR) is 113 cm³/mol. The van der Waals surface area contributed by atoms with Gasteiger partial charge in [-0.05, 0) is 62.4 Å². The summed E-state index contributed by atoms with van der Waals surface area (Å²) in [4.78, 5) is 12.4. The molecule has 0 fully saturated rings. The summed E-state index contributed by atoms with van der Waals surface area (Å²) in [5.74, 6) is 1.51. The van der Waals surface area contributed by atoms with Crippen molar-refractivity contribution in [3.05, 3.63) is 60.2 Å². The van der Waals surface area contributed by atoms with Crippen molar-refractivity contribution >= 4 is 23.4 Å². The van der Waals surface area contributed by atoms with Gasteiger partial charge in [0.05, 0.1) is 12.4 Å². The van der Waals surface area contributed by atoms with E-state index in [9.17, 15) is 9.18 Å². The maximum absolute atomic E-state index is 13.0. The quantitative estimate of drug-likeness (QED) is 0.539. The number of carbonyl (C=O) groups is 1. The molecule has 0 bridgehead atoms. The Balaban J connectivity index is 1.61. The molecule has 0 aliphatic heterocycles. The minimum atomic E-state index is -0.427. The molecule has 2 unspecified atom stereocenters. The zero-order chi connectivity index (χ0) is 21.7. The number of thioether (sulfide) groups is 1. The number of aromatic nitrogens is 3. The van der Waals surface area contributed by atoms with Crippen molar-refractivity contribution in [2.24, 2.45) is 7.05 Å². The van der Waals surface area contributed by atoms with E-state index in [0.717, 1.165) is 5.75 Å². The first-order valence-electron chi connectivity index (χ1n) is 9.30. The second-order valence-electron chi connectivity index (χ2n) is 6.59. The van der Waals surface area contributed by atoms with E-state index in [1.807, 2.05) is 38.2 Å². The van der Waals surface area contributed by atoms with Crippen LogP contribution in [0.5, 0.6) is 11.5 Å². The lowest BCUT2D eigenvalue weighted by molar-refractivity contribution is -0.115. The first kappa shape index (κ1) is 21.6. The van der Waals surface area contributed by atoms with Crippen LogP contribution < -0.4 is 14.8 Å². The van der Waals surface area contributed by atoms with E-state index >= 15 is 0 Å².